The van der Waals surface area contributed by atoms with Gasteiger partial charge in [-0.15, -0.1) is 0 Å². The predicted molar refractivity (Wildman–Crippen MR) is 60.8 cm³/mol. The van der Waals surface area contributed by atoms with Crippen LogP contribution in [0, 0.1) is 0 Å². The van der Waals surface area contributed by atoms with Gasteiger partial charge in [-0.25, -0.2) is 4.58 Å². The van der Waals surface area contributed by atoms with Crippen LogP contribution in [0.25, 0.3) is 5.57 Å². The Labute approximate surface area is 102 Å². The third-order valence-electron chi connectivity index (χ3n) is 2.73. The van der Waals surface area contributed by atoms with Crippen molar-refractivity contribution in [2.45, 2.75) is 13.3 Å². The Morgan fingerprint density at radius 3 is 2.40 bits per heavy atom. The van der Waals surface area contributed by atoms with E-state index in [1.54, 1.807) is 0 Å². The van der Waals surface area contributed by atoms with Crippen LogP contribution in [0.1, 0.15) is 18.9 Å². The Balaban J connectivity index is 0.00000112. The molecule has 0 saturated heterocycles. The van der Waals surface area contributed by atoms with E-state index >= 15 is 0 Å². The molecule has 0 aromatic heterocycles. The summed E-state index contributed by atoms with van der Waals surface area (Å²) in [5.41, 5.74) is 4.25. The lowest BCUT2D eigenvalue weighted by Crippen LogP contribution is -3.00. The van der Waals surface area contributed by atoms with Gasteiger partial charge in [-0.3, -0.25) is 0 Å². The molecule has 0 bridgehead atoms. The molecule has 0 saturated carbocycles. The highest BCUT2D eigenvalue weighted by molar-refractivity contribution is 5.88. The van der Waals surface area contributed by atoms with Crippen LogP contribution in [0.4, 0.5) is 0 Å². The van der Waals surface area contributed by atoms with Crippen molar-refractivity contribution < 1.29 is 21.6 Å². The van der Waals surface area contributed by atoms with Crippen molar-refractivity contribution in [3.05, 3.63) is 41.5 Å². The molecule has 1 nitrogen and oxygen atoms in total. The summed E-state index contributed by atoms with van der Waals surface area (Å²) >= 11 is 0. The number of hydrogen-bond acceptors (Lipinski definition) is 0. The monoisotopic (exact) mass is 265 g/mol. The van der Waals surface area contributed by atoms with Crippen molar-refractivity contribution in [1.29, 1.82) is 0 Å². The molecule has 2 heteroatoms. The number of benzene rings is 1. The lowest BCUT2D eigenvalue weighted by Gasteiger charge is -2.12. The van der Waals surface area contributed by atoms with Crippen LogP contribution < -0.4 is 17.0 Å². The number of halogens is 1. The molecule has 0 amide bonds. The van der Waals surface area contributed by atoms with E-state index in [1.165, 1.54) is 16.7 Å². The molecule has 0 aliphatic carbocycles. The van der Waals surface area contributed by atoms with Crippen LogP contribution in [0.15, 0.2) is 35.9 Å². The maximum Gasteiger partial charge on any atom is 0.166 e. The van der Waals surface area contributed by atoms with Gasteiger partial charge in [0.25, 0.3) is 0 Å². The standard InChI is InChI=1S/C13H16N.BrH/c1-11-10-14(2)9-8-13(11)12-6-4-3-5-7-12;/h3-7,10H,8-9H2,1-2H3;1H/q+1;/p-1. The predicted octanol–water partition coefficient (Wildman–Crippen LogP) is -0.419. The fourth-order valence-electron chi connectivity index (χ4n) is 1.97. The maximum atomic E-state index is 2.25. The minimum Gasteiger partial charge on any atom is -1.00 e. The van der Waals surface area contributed by atoms with Crippen LogP contribution >= 0.6 is 0 Å². The van der Waals surface area contributed by atoms with Crippen molar-refractivity contribution >= 4 is 11.8 Å². The molecule has 2 rings (SSSR count). The molecule has 0 N–H and O–H groups in total. The lowest BCUT2D eigenvalue weighted by molar-refractivity contribution is -0.491. The summed E-state index contributed by atoms with van der Waals surface area (Å²) in [5, 5.41) is 0. The van der Waals surface area contributed by atoms with Crippen molar-refractivity contribution in [2.75, 3.05) is 13.6 Å². The van der Waals surface area contributed by atoms with Gasteiger partial charge in [-0.2, -0.15) is 0 Å². The lowest BCUT2D eigenvalue weighted by atomic mass is 9.96. The van der Waals surface area contributed by atoms with Crippen molar-refractivity contribution in [2.24, 2.45) is 0 Å². The van der Waals surface area contributed by atoms with Crippen molar-refractivity contribution in [1.82, 2.24) is 0 Å². The highest BCUT2D eigenvalue weighted by Gasteiger charge is 2.13. The summed E-state index contributed by atoms with van der Waals surface area (Å²) in [4.78, 5) is 0. The minimum atomic E-state index is 0. The number of hydrogen-bond donors (Lipinski definition) is 0. The van der Waals surface area contributed by atoms with Crippen molar-refractivity contribution in [3.8, 4) is 0 Å². The second-order valence-corrected chi connectivity index (χ2v) is 3.89. The van der Waals surface area contributed by atoms with Crippen LogP contribution in [-0.2, 0) is 0 Å². The molecule has 1 aliphatic heterocycles. The Morgan fingerprint density at radius 1 is 1.13 bits per heavy atom. The molecule has 15 heavy (non-hydrogen) atoms. The first kappa shape index (κ1) is 12.2. The molecule has 80 valence electrons. The molecule has 1 aromatic carbocycles. The summed E-state index contributed by atoms with van der Waals surface area (Å²) in [7, 11) is 2.13. The number of rotatable bonds is 1. The van der Waals surface area contributed by atoms with Crippen LogP contribution in [-0.4, -0.2) is 24.4 Å². The van der Waals surface area contributed by atoms with Gasteiger partial charge < -0.3 is 17.0 Å². The van der Waals surface area contributed by atoms with E-state index in [4.69, 9.17) is 0 Å². The van der Waals surface area contributed by atoms with Gasteiger partial charge in [0.2, 0.25) is 0 Å². The van der Waals surface area contributed by atoms with E-state index in [2.05, 4.69) is 55.1 Å². The number of nitrogens with zero attached hydrogens (tertiary/aromatic N) is 1. The first-order valence-corrected chi connectivity index (χ1v) is 5.07. The summed E-state index contributed by atoms with van der Waals surface area (Å²) in [5.74, 6) is 0. The van der Waals surface area contributed by atoms with E-state index in [0.717, 1.165) is 13.0 Å². The third-order valence-corrected chi connectivity index (χ3v) is 2.73. The van der Waals surface area contributed by atoms with E-state index < -0.39 is 0 Å². The second kappa shape index (κ2) is 5.26. The minimum absolute atomic E-state index is 0. The zero-order valence-corrected chi connectivity index (χ0v) is 10.8. The second-order valence-electron chi connectivity index (χ2n) is 3.89. The molecule has 0 unspecified atom stereocenters. The summed E-state index contributed by atoms with van der Waals surface area (Å²) in [6, 6.07) is 10.7. The smallest absolute Gasteiger partial charge is 0.166 e. The molecule has 1 aliphatic rings. The highest BCUT2D eigenvalue weighted by Crippen LogP contribution is 2.23. The zero-order chi connectivity index (χ0) is 9.97. The Hall–Kier alpha value is -0.890. The molecular formula is C13H16BrN. The van der Waals surface area contributed by atoms with E-state index in [0.29, 0.717) is 0 Å². The number of allylic oxidation sites excluding steroid dienone is 1. The average molecular weight is 266 g/mol. The van der Waals surface area contributed by atoms with Gasteiger partial charge in [0.05, 0.1) is 0 Å². The van der Waals surface area contributed by atoms with E-state index in [-0.39, 0.29) is 17.0 Å². The van der Waals surface area contributed by atoms with Crippen LogP contribution in [0.5, 0.6) is 0 Å². The van der Waals surface area contributed by atoms with Gasteiger partial charge in [-0.1, -0.05) is 30.3 Å². The normalized spacial score (nSPS) is 15.7. The first-order valence-electron chi connectivity index (χ1n) is 5.07. The van der Waals surface area contributed by atoms with Gasteiger partial charge in [0.1, 0.15) is 13.6 Å². The fourth-order valence-corrected chi connectivity index (χ4v) is 1.97. The van der Waals surface area contributed by atoms with E-state index in [9.17, 15) is 0 Å². The van der Waals surface area contributed by atoms with Crippen molar-refractivity contribution in [3.63, 3.8) is 0 Å². The molecule has 0 spiro atoms. The average Bonchev–Trinajstić information content (AvgIpc) is 2.19. The molecule has 0 fully saturated rings. The Bertz CT molecular complexity index is 390. The molecule has 1 aromatic rings. The Morgan fingerprint density at radius 2 is 1.80 bits per heavy atom. The summed E-state index contributed by atoms with van der Waals surface area (Å²) < 4.78 is 2.25. The zero-order valence-electron chi connectivity index (χ0n) is 9.20. The molecular weight excluding hydrogens is 250 g/mol. The Kier molecular flexibility index (Phi) is 4.28. The van der Waals surface area contributed by atoms with Crippen LogP contribution in [0.2, 0.25) is 0 Å². The molecule has 1 heterocycles. The third kappa shape index (κ3) is 2.78. The summed E-state index contributed by atoms with van der Waals surface area (Å²) in [6.45, 7) is 3.32. The fraction of sp³-hybridized carbons (Fsp3) is 0.308. The summed E-state index contributed by atoms with van der Waals surface area (Å²) in [6.07, 6.45) is 3.38. The van der Waals surface area contributed by atoms with E-state index in [1.807, 2.05) is 0 Å². The maximum absolute atomic E-state index is 2.25. The van der Waals surface area contributed by atoms with Gasteiger partial charge in [0.15, 0.2) is 6.21 Å². The first-order chi connectivity index (χ1) is 6.77. The molecule has 0 atom stereocenters. The van der Waals surface area contributed by atoms with Crippen LogP contribution in [0.3, 0.4) is 0 Å². The largest absolute Gasteiger partial charge is 1.00 e. The van der Waals surface area contributed by atoms with Gasteiger partial charge >= 0.3 is 0 Å². The highest BCUT2D eigenvalue weighted by atomic mass is 79.9. The topological polar surface area (TPSA) is 3.01 Å². The SMILES string of the molecule is CC1=C(c2ccccc2)CC[N+](C)=C1.[Br-]. The van der Waals surface area contributed by atoms with Gasteiger partial charge in [-0.05, 0) is 18.1 Å². The quantitative estimate of drug-likeness (QED) is 0.607. The van der Waals surface area contributed by atoms with Gasteiger partial charge in [0, 0.05) is 12.0 Å². The molecule has 0 radical (unpaired) electrons.